The lowest BCUT2D eigenvalue weighted by molar-refractivity contribution is -0.138. The van der Waals surface area contributed by atoms with Crippen LogP contribution in [-0.4, -0.2) is 23.9 Å². The smallest absolute Gasteiger partial charge is 0.338 e. The highest BCUT2D eigenvalue weighted by molar-refractivity contribution is 7.07. The second kappa shape index (κ2) is 7.87. The number of carbonyl (C=O) groups excluding carboxylic acids is 1. The zero-order chi connectivity index (χ0) is 20.5. The van der Waals surface area contributed by atoms with Crippen LogP contribution in [0.5, 0.6) is 11.5 Å². The average molecular weight is 414 g/mol. The number of benzene rings is 1. The third-order valence-corrected chi connectivity index (χ3v) is 5.90. The number of esters is 1. The molecule has 0 amide bonds. The molecule has 2 aliphatic heterocycles. The minimum absolute atomic E-state index is 0.148. The normalized spacial score (nSPS) is 17.9. The van der Waals surface area contributed by atoms with E-state index in [-0.39, 0.29) is 19.0 Å². The van der Waals surface area contributed by atoms with E-state index in [9.17, 15) is 9.59 Å². The molecule has 3 heterocycles. The van der Waals surface area contributed by atoms with Crippen LogP contribution in [0.1, 0.15) is 45.2 Å². The van der Waals surface area contributed by atoms with Crippen molar-refractivity contribution in [1.29, 1.82) is 0 Å². The van der Waals surface area contributed by atoms with Gasteiger partial charge in [0.2, 0.25) is 6.79 Å². The summed E-state index contributed by atoms with van der Waals surface area (Å²) in [6.45, 7) is 5.99. The van der Waals surface area contributed by atoms with Crippen LogP contribution in [0.4, 0.5) is 0 Å². The zero-order valence-electron chi connectivity index (χ0n) is 16.6. The third-order valence-electron chi connectivity index (χ3n) is 4.87. The van der Waals surface area contributed by atoms with Gasteiger partial charge in [0, 0.05) is 5.70 Å². The maximum Gasteiger partial charge on any atom is 0.338 e. The maximum absolute atomic E-state index is 12.9. The van der Waals surface area contributed by atoms with Gasteiger partial charge < -0.3 is 14.2 Å². The topological polar surface area (TPSA) is 79.1 Å². The van der Waals surface area contributed by atoms with Crippen molar-refractivity contribution >= 4 is 29.1 Å². The predicted octanol–water partition coefficient (Wildman–Crippen LogP) is 2.39. The minimum Gasteiger partial charge on any atom is -0.463 e. The highest BCUT2D eigenvalue weighted by Gasteiger charge is 2.32. The van der Waals surface area contributed by atoms with Crippen molar-refractivity contribution in [2.75, 3.05) is 13.4 Å². The number of fused-ring (bicyclic) bond motifs is 2. The Morgan fingerprint density at radius 2 is 2.14 bits per heavy atom. The third kappa shape index (κ3) is 3.37. The van der Waals surface area contributed by atoms with Crippen LogP contribution < -0.4 is 24.4 Å². The standard InChI is InChI=1S/C21H22N2O5S/c1-4-6-7-16-19(24)23-12(3)17(20(25)26-5-2)18(22-21(23)29-16)13-8-9-14-15(10-13)28-11-27-14/h7-10,18H,4-6,11H2,1-3H3/b16-7-/t18-/m0/s1. The molecule has 1 aromatic heterocycles. The van der Waals surface area contributed by atoms with Gasteiger partial charge in [-0.25, -0.2) is 9.79 Å². The van der Waals surface area contributed by atoms with Crippen LogP contribution in [0.3, 0.4) is 0 Å². The first-order chi connectivity index (χ1) is 14.0. The van der Waals surface area contributed by atoms with E-state index in [1.54, 1.807) is 13.8 Å². The van der Waals surface area contributed by atoms with Gasteiger partial charge in [-0.2, -0.15) is 0 Å². The quantitative estimate of drug-likeness (QED) is 0.702. The van der Waals surface area contributed by atoms with Crippen molar-refractivity contribution in [3.8, 4) is 11.5 Å². The summed E-state index contributed by atoms with van der Waals surface area (Å²) < 4.78 is 18.3. The molecular formula is C21H22N2O5S. The summed E-state index contributed by atoms with van der Waals surface area (Å²) >= 11 is 1.34. The van der Waals surface area contributed by atoms with Gasteiger partial charge in [-0.1, -0.05) is 36.8 Å². The molecule has 0 saturated heterocycles. The van der Waals surface area contributed by atoms with Gasteiger partial charge in [0.05, 0.1) is 16.7 Å². The first-order valence-electron chi connectivity index (χ1n) is 9.62. The molecule has 29 heavy (non-hydrogen) atoms. The monoisotopic (exact) mass is 414 g/mol. The van der Waals surface area contributed by atoms with Gasteiger partial charge in [-0.15, -0.1) is 0 Å². The number of ether oxygens (including phenoxy) is 3. The Bertz CT molecular complexity index is 1170. The number of hydrogen-bond donors (Lipinski definition) is 0. The van der Waals surface area contributed by atoms with Crippen molar-refractivity contribution in [3.63, 3.8) is 0 Å². The molecule has 2 aromatic rings. The van der Waals surface area contributed by atoms with Gasteiger partial charge in [-0.3, -0.25) is 9.36 Å². The highest BCUT2D eigenvalue weighted by Crippen LogP contribution is 2.38. The SMILES string of the molecule is CCC/C=c1\sc2n(c1=O)C(C)=C(C(=O)OCC)[C@H](c1ccc3c(c1)OCO3)N=2. The molecule has 0 radical (unpaired) electrons. The van der Waals surface area contributed by atoms with Crippen LogP contribution in [0, 0.1) is 0 Å². The Kier molecular flexibility index (Phi) is 5.27. The largest absolute Gasteiger partial charge is 0.463 e. The van der Waals surface area contributed by atoms with Crippen LogP contribution in [0.2, 0.25) is 0 Å². The number of rotatable bonds is 5. The Hall–Kier alpha value is -2.87. The predicted molar refractivity (Wildman–Crippen MR) is 110 cm³/mol. The van der Waals surface area contributed by atoms with E-state index in [4.69, 9.17) is 19.2 Å². The summed E-state index contributed by atoms with van der Waals surface area (Å²) in [7, 11) is 0. The number of hydrogen-bond acceptors (Lipinski definition) is 7. The molecule has 2 aliphatic rings. The molecule has 7 nitrogen and oxygen atoms in total. The summed E-state index contributed by atoms with van der Waals surface area (Å²) in [4.78, 5) is 31.1. The molecule has 1 aromatic carbocycles. The van der Waals surface area contributed by atoms with E-state index in [2.05, 4.69) is 6.92 Å². The first kappa shape index (κ1) is 19.4. The summed E-state index contributed by atoms with van der Waals surface area (Å²) in [5.74, 6) is 0.802. The van der Waals surface area contributed by atoms with Gasteiger partial charge in [0.1, 0.15) is 6.04 Å². The number of carbonyl (C=O) groups is 1. The Labute approximate surface area is 171 Å². The molecule has 0 saturated carbocycles. The van der Waals surface area contributed by atoms with Gasteiger partial charge >= 0.3 is 5.97 Å². The molecule has 0 fully saturated rings. The minimum atomic E-state index is -0.583. The van der Waals surface area contributed by atoms with Crippen LogP contribution in [0.15, 0.2) is 33.6 Å². The van der Waals surface area contributed by atoms with E-state index < -0.39 is 12.0 Å². The van der Waals surface area contributed by atoms with Crippen molar-refractivity contribution in [1.82, 2.24) is 4.57 Å². The lowest BCUT2D eigenvalue weighted by Gasteiger charge is -2.22. The summed E-state index contributed by atoms with van der Waals surface area (Å²) in [6.07, 6.45) is 3.70. The average Bonchev–Trinajstić information content (AvgIpc) is 3.30. The van der Waals surface area contributed by atoms with Crippen molar-refractivity contribution in [3.05, 3.63) is 49.0 Å². The molecule has 0 aliphatic carbocycles. The van der Waals surface area contributed by atoms with Crippen molar-refractivity contribution in [2.24, 2.45) is 4.99 Å². The van der Waals surface area contributed by atoms with Crippen LogP contribution in [-0.2, 0) is 9.53 Å². The number of thiazole rings is 1. The molecule has 4 rings (SSSR count). The fraction of sp³-hybridized carbons (Fsp3) is 0.381. The molecule has 0 spiro atoms. The number of allylic oxidation sites excluding steroid dienone is 1. The number of aromatic nitrogens is 1. The second-order valence-electron chi connectivity index (χ2n) is 6.75. The lowest BCUT2D eigenvalue weighted by Crippen LogP contribution is -2.35. The number of unbranched alkanes of at least 4 members (excludes halogenated alkanes) is 1. The molecule has 0 bridgehead atoms. The van der Waals surface area contributed by atoms with E-state index in [0.29, 0.717) is 32.1 Å². The molecule has 152 valence electrons. The Balaban J connectivity index is 1.92. The molecule has 1 atom stereocenters. The second-order valence-corrected chi connectivity index (χ2v) is 7.76. The fourth-order valence-electron chi connectivity index (χ4n) is 3.45. The first-order valence-corrected chi connectivity index (χ1v) is 10.4. The molecule has 8 heteroatoms. The van der Waals surface area contributed by atoms with Crippen molar-refractivity contribution in [2.45, 2.75) is 39.7 Å². The van der Waals surface area contributed by atoms with Crippen molar-refractivity contribution < 1.29 is 19.0 Å². The molecule has 0 unspecified atom stereocenters. The maximum atomic E-state index is 12.9. The van der Waals surface area contributed by atoms with Crippen LogP contribution >= 0.6 is 11.3 Å². The highest BCUT2D eigenvalue weighted by atomic mass is 32.1. The summed E-state index contributed by atoms with van der Waals surface area (Å²) in [6, 6.07) is 4.91. The molecular weight excluding hydrogens is 392 g/mol. The van der Waals surface area contributed by atoms with Gasteiger partial charge in [-0.05, 0) is 38.0 Å². The summed E-state index contributed by atoms with van der Waals surface area (Å²) in [5.41, 5.74) is 1.54. The molecule has 0 N–H and O–H groups in total. The Morgan fingerprint density at radius 3 is 2.90 bits per heavy atom. The summed E-state index contributed by atoms with van der Waals surface area (Å²) in [5, 5.41) is 0. The van der Waals surface area contributed by atoms with E-state index >= 15 is 0 Å². The van der Waals surface area contributed by atoms with E-state index in [1.165, 1.54) is 15.9 Å². The van der Waals surface area contributed by atoms with E-state index in [0.717, 1.165) is 18.4 Å². The van der Waals surface area contributed by atoms with Gasteiger partial charge in [0.15, 0.2) is 16.3 Å². The van der Waals surface area contributed by atoms with Gasteiger partial charge in [0.25, 0.3) is 5.56 Å². The lowest BCUT2D eigenvalue weighted by atomic mass is 9.96. The fourth-order valence-corrected chi connectivity index (χ4v) is 4.50. The van der Waals surface area contributed by atoms with Crippen LogP contribution in [0.25, 0.3) is 11.8 Å². The number of nitrogens with zero attached hydrogens (tertiary/aromatic N) is 2. The Morgan fingerprint density at radius 1 is 1.34 bits per heavy atom. The zero-order valence-corrected chi connectivity index (χ0v) is 17.4. The van der Waals surface area contributed by atoms with E-state index in [1.807, 2.05) is 24.3 Å².